The Morgan fingerprint density at radius 1 is 1.12 bits per heavy atom. The minimum absolute atomic E-state index is 0.0541. The highest BCUT2D eigenvalue weighted by Gasteiger charge is 2.35. The summed E-state index contributed by atoms with van der Waals surface area (Å²) < 4.78 is 0. The van der Waals surface area contributed by atoms with Crippen LogP contribution < -0.4 is 11.1 Å². The number of carbonyl (C=O) groups excluding carboxylic acids is 3. The molecule has 8 heteroatoms. The summed E-state index contributed by atoms with van der Waals surface area (Å²) in [5, 5.41) is 3.35. The first-order valence-electron chi connectivity index (χ1n) is 8.35. The first-order chi connectivity index (χ1) is 12.0. The molecule has 0 atom stereocenters. The fraction of sp³-hybridized carbons (Fsp3) is 0.471. The zero-order valence-electron chi connectivity index (χ0n) is 13.8. The van der Waals surface area contributed by atoms with Crippen molar-refractivity contribution in [3.63, 3.8) is 0 Å². The summed E-state index contributed by atoms with van der Waals surface area (Å²) in [6.07, 6.45) is 1.98. The first kappa shape index (κ1) is 17.5. The number of halogens is 1. The molecule has 134 valence electrons. The Morgan fingerprint density at radius 2 is 1.76 bits per heavy atom. The lowest BCUT2D eigenvalue weighted by atomic mass is 10.1. The summed E-state index contributed by atoms with van der Waals surface area (Å²) in [5.41, 5.74) is 6.06. The number of rotatable bonds is 5. The monoisotopic (exact) mass is 364 g/mol. The van der Waals surface area contributed by atoms with Gasteiger partial charge in [0.1, 0.15) is 0 Å². The van der Waals surface area contributed by atoms with Crippen LogP contribution in [0.5, 0.6) is 0 Å². The second-order valence-corrected chi connectivity index (χ2v) is 6.82. The quantitative estimate of drug-likeness (QED) is 0.812. The van der Waals surface area contributed by atoms with E-state index in [-0.39, 0.29) is 29.8 Å². The first-order valence-corrected chi connectivity index (χ1v) is 8.73. The Morgan fingerprint density at radius 3 is 2.36 bits per heavy atom. The van der Waals surface area contributed by atoms with E-state index in [1.165, 1.54) is 6.07 Å². The van der Waals surface area contributed by atoms with Crippen molar-refractivity contribution in [1.29, 1.82) is 0 Å². The van der Waals surface area contributed by atoms with Gasteiger partial charge in [-0.3, -0.25) is 14.4 Å². The summed E-state index contributed by atoms with van der Waals surface area (Å²) in [6, 6.07) is 4.73. The minimum Gasteiger partial charge on any atom is -0.376 e. The molecule has 0 unspecified atom stereocenters. The number of carbonyl (C=O) groups is 3. The van der Waals surface area contributed by atoms with E-state index in [4.69, 9.17) is 17.3 Å². The molecular weight excluding hydrogens is 344 g/mol. The van der Waals surface area contributed by atoms with Crippen molar-refractivity contribution < 1.29 is 14.4 Å². The van der Waals surface area contributed by atoms with Crippen LogP contribution in [0.4, 0.5) is 5.69 Å². The van der Waals surface area contributed by atoms with E-state index in [0.717, 1.165) is 12.8 Å². The molecule has 0 bridgehead atoms. The molecule has 3 rings (SSSR count). The number of hydrogen-bond acceptors (Lipinski definition) is 4. The molecule has 1 aliphatic carbocycles. The average Bonchev–Trinajstić information content (AvgIpc) is 3.45. The average molecular weight is 365 g/mol. The Kier molecular flexibility index (Phi) is 5.13. The number of nitrogens with two attached hydrogens (primary N) is 1. The van der Waals surface area contributed by atoms with E-state index in [9.17, 15) is 14.4 Å². The fourth-order valence-corrected chi connectivity index (χ4v) is 3.09. The van der Waals surface area contributed by atoms with Gasteiger partial charge in [-0.05, 0) is 31.0 Å². The molecule has 25 heavy (non-hydrogen) atoms. The van der Waals surface area contributed by atoms with Crippen molar-refractivity contribution in [3.8, 4) is 0 Å². The molecule has 1 aromatic carbocycles. The normalized spacial score (nSPS) is 17.3. The number of primary amides is 1. The maximum Gasteiger partial charge on any atom is 0.250 e. The predicted octanol–water partition coefficient (Wildman–Crippen LogP) is 0.932. The molecule has 1 saturated carbocycles. The van der Waals surface area contributed by atoms with Crippen molar-refractivity contribution in [2.45, 2.75) is 12.8 Å². The third kappa shape index (κ3) is 4.22. The second kappa shape index (κ2) is 7.31. The number of hydrogen-bond donors (Lipinski definition) is 2. The molecule has 0 aromatic heterocycles. The van der Waals surface area contributed by atoms with E-state index >= 15 is 0 Å². The smallest absolute Gasteiger partial charge is 0.250 e. The molecule has 0 spiro atoms. The van der Waals surface area contributed by atoms with E-state index < -0.39 is 5.91 Å². The molecule has 2 aliphatic rings. The van der Waals surface area contributed by atoms with Gasteiger partial charge in [-0.15, -0.1) is 0 Å². The van der Waals surface area contributed by atoms with Crippen LogP contribution in [0.1, 0.15) is 23.2 Å². The van der Waals surface area contributed by atoms with Gasteiger partial charge in [0, 0.05) is 42.8 Å². The molecule has 1 aromatic rings. The summed E-state index contributed by atoms with van der Waals surface area (Å²) in [5.74, 6) is -0.257. The number of amides is 3. The molecule has 1 saturated heterocycles. The van der Waals surface area contributed by atoms with Gasteiger partial charge < -0.3 is 20.9 Å². The largest absolute Gasteiger partial charge is 0.376 e. The van der Waals surface area contributed by atoms with Crippen LogP contribution in [-0.4, -0.2) is 60.2 Å². The highest BCUT2D eigenvalue weighted by molar-refractivity contribution is 6.31. The number of nitrogens with one attached hydrogen (secondary N) is 1. The van der Waals surface area contributed by atoms with Gasteiger partial charge in [-0.1, -0.05) is 11.6 Å². The Balaban J connectivity index is 1.52. The van der Waals surface area contributed by atoms with Crippen LogP contribution in [-0.2, 0) is 9.59 Å². The molecule has 7 nitrogen and oxygen atoms in total. The highest BCUT2D eigenvalue weighted by atomic mass is 35.5. The predicted molar refractivity (Wildman–Crippen MR) is 94.3 cm³/mol. The molecular formula is C17H21ClN4O3. The molecule has 0 radical (unpaired) electrons. The lowest BCUT2D eigenvalue weighted by Crippen LogP contribution is -2.52. The van der Waals surface area contributed by atoms with E-state index in [1.54, 1.807) is 17.0 Å². The van der Waals surface area contributed by atoms with Gasteiger partial charge >= 0.3 is 0 Å². The zero-order valence-corrected chi connectivity index (χ0v) is 14.6. The standard InChI is InChI=1S/C17H21ClN4O3/c18-12-3-4-14(13(9-12)16(19)24)20-10-15(23)21-5-7-22(8-6-21)17(25)11-1-2-11/h3-4,9,11,20H,1-2,5-8,10H2,(H2,19,24). The van der Waals surface area contributed by atoms with Crippen LogP contribution in [0.2, 0.25) is 5.02 Å². The lowest BCUT2D eigenvalue weighted by Gasteiger charge is -2.35. The van der Waals surface area contributed by atoms with Gasteiger partial charge in [0.2, 0.25) is 11.8 Å². The fourth-order valence-electron chi connectivity index (χ4n) is 2.92. The van der Waals surface area contributed by atoms with Crippen molar-refractivity contribution in [1.82, 2.24) is 9.80 Å². The topological polar surface area (TPSA) is 95.7 Å². The molecule has 1 aliphatic heterocycles. The van der Waals surface area contributed by atoms with Gasteiger partial charge in [-0.25, -0.2) is 0 Å². The van der Waals surface area contributed by atoms with Crippen LogP contribution in [0.3, 0.4) is 0 Å². The highest BCUT2D eigenvalue weighted by Crippen LogP contribution is 2.31. The number of anilines is 1. The van der Waals surface area contributed by atoms with E-state index in [2.05, 4.69) is 5.32 Å². The van der Waals surface area contributed by atoms with Crippen molar-refractivity contribution in [2.75, 3.05) is 38.0 Å². The molecule has 2 fully saturated rings. The summed E-state index contributed by atoms with van der Waals surface area (Å²) in [7, 11) is 0. The van der Waals surface area contributed by atoms with Gasteiger partial charge in [-0.2, -0.15) is 0 Å². The minimum atomic E-state index is -0.607. The summed E-state index contributed by atoms with van der Waals surface area (Å²) in [6.45, 7) is 2.27. The van der Waals surface area contributed by atoms with Crippen molar-refractivity contribution in [2.24, 2.45) is 11.7 Å². The summed E-state index contributed by atoms with van der Waals surface area (Å²) >= 11 is 5.87. The number of nitrogens with zero attached hydrogens (tertiary/aromatic N) is 2. The Hall–Kier alpha value is -2.28. The third-order valence-corrected chi connectivity index (χ3v) is 4.78. The van der Waals surface area contributed by atoms with Crippen molar-refractivity contribution >= 4 is 35.0 Å². The van der Waals surface area contributed by atoms with Gasteiger partial charge in [0.25, 0.3) is 5.91 Å². The zero-order chi connectivity index (χ0) is 18.0. The van der Waals surface area contributed by atoms with Gasteiger partial charge in [0.15, 0.2) is 0 Å². The van der Waals surface area contributed by atoms with Crippen LogP contribution in [0.15, 0.2) is 18.2 Å². The SMILES string of the molecule is NC(=O)c1cc(Cl)ccc1NCC(=O)N1CCN(C(=O)C2CC2)CC1. The van der Waals surface area contributed by atoms with E-state index in [1.807, 2.05) is 4.90 Å². The third-order valence-electron chi connectivity index (χ3n) is 4.55. The Bertz CT molecular complexity index is 697. The molecule has 1 heterocycles. The second-order valence-electron chi connectivity index (χ2n) is 6.39. The van der Waals surface area contributed by atoms with Crippen LogP contribution in [0.25, 0.3) is 0 Å². The molecule has 3 N–H and O–H groups in total. The Labute approximate surface area is 151 Å². The maximum atomic E-state index is 12.4. The van der Waals surface area contributed by atoms with Crippen LogP contribution in [0, 0.1) is 5.92 Å². The van der Waals surface area contributed by atoms with E-state index in [0.29, 0.717) is 36.9 Å². The van der Waals surface area contributed by atoms with Crippen LogP contribution >= 0.6 is 11.6 Å². The molecule has 3 amide bonds. The number of benzene rings is 1. The number of piperazine rings is 1. The van der Waals surface area contributed by atoms with Gasteiger partial charge in [0.05, 0.1) is 12.1 Å². The maximum absolute atomic E-state index is 12.4. The lowest BCUT2D eigenvalue weighted by molar-refractivity contribution is -0.139. The van der Waals surface area contributed by atoms with Crippen molar-refractivity contribution in [3.05, 3.63) is 28.8 Å². The summed E-state index contributed by atoms with van der Waals surface area (Å²) in [4.78, 5) is 39.4.